The summed E-state index contributed by atoms with van der Waals surface area (Å²) >= 11 is 0. The number of fused-ring (bicyclic) bond motifs is 1. The van der Waals surface area contributed by atoms with Crippen LogP contribution >= 0.6 is 0 Å². The van der Waals surface area contributed by atoms with Gasteiger partial charge >= 0.3 is 11.7 Å². The molecule has 2 aromatic carbocycles. The van der Waals surface area contributed by atoms with E-state index in [1.54, 1.807) is 22.7 Å². The van der Waals surface area contributed by atoms with Gasteiger partial charge < -0.3 is 30.2 Å². The van der Waals surface area contributed by atoms with Gasteiger partial charge in [-0.2, -0.15) is 0 Å². The molecule has 16 nitrogen and oxygen atoms in total. The molecule has 5 fully saturated rings. The zero-order chi connectivity index (χ0) is 42.4. The molecule has 61 heavy (non-hydrogen) atoms. The normalized spacial score (nSPS) is 22.4. The van der Waals surface area contributed by atoms with Crippen molar-refractivity contribution in [3.8, 4) is 0 Å². The van der Waals surface area contributed by atoms with Crippen LogP contribution in [0.5, 0.6) is 0 Å². The molecular weight excluding hydrogens is 775 g/mol. The molecule has 5 aliphatic heterocycles. The molecule has 9 rings (SSSR count). The topological polar surface area (TPSA) is 175 Å². The summed E-state index contributed by atoms with van der Waals surface area (Å²) in [6.45, 7) is 8.15. The number of benzene rings is 2. The van der Waals surface area contributed by atoms with Gasteiger partial charge in [0.15, 0.2) is 0 Å². The zero-order valence-corrected chi connectivity index (χ0v) is 35.3. The van der Waals surface area contributed by atoms with Gasteiger partial charge in [0, 0.05) is 78.4 Å². The van der Waals surface area contributed by atoms with Crippen LogP contribution in [0.15, 0.2) is 53.5 Å². The fourth-order valence-electron chi connectivity index (χ4n) is 10.4. The van der Waals surface area contributed by atoms with Gasteiger partial charge in [-0.05, 0) is 99.2 Å². The van der Waals surface area contributed by atoms with Gasteiger partial charge in [0.25, 0.3) is 5.91 Å². The highest BCUT2D eigenvalue weighted by Gasteiger charge is 2.35. The first-order valence-electron chi connectivity index (χ1n) is 22.0. The third kappa shape index (κ3) is 8.21. The number of nitrogens with one attached hydrogen (secondary N) is 1. The summed E-state index contributed by atoms with van der Waals surface area (Å²) in [6, 6.07) is 14.3. The summed E-state index contributed by atoms with van der Waals surface area (Å²) in [6.07, 6.45) is 9.00. The van der Waals surface area contributed by atoms with Gasteiger partial charge in [0.05, 0.1) is 29.0 Å². The number of carbonyl (C=O) groups excluding carboxylic acids is 4. The number of nitrogens with two attached hydrogens (primary N) is 1. The summed E-state index contributed by atoms with van der Waals surface area (Å²) in [7, 11) is 3.59. The molecular formula is C45H57N11O5. The van der Waals surface area contributed by atoms with E-state index in [4.69, 9.17) is 10.7 Å². The van der Waals surface area contributed by atoms with Crippen LogP contribution in [0.25, 0.3) is 11.0 Å². The molecule has 5 amide bonds. The lowest BCUT2D eigenvalue weighted by atomic mass is 9.87. The van der Waals surface area contributed by atoms with Crippen molar-refractivity contribution in [1.29, 1.82) is 0 Å². The Hall–Kier alpha value is -5.77. The first-order chi connectivity index (χ1) is 29.5. The highest BCUT2D eigenvalue weighted by Crippen LogP contribution is 2.33. The van der Waals surface area contributed by atoms with Gasteiger partial charge in [-0.1, -0.05) is 24.3 Å². The maximum atomic E-state index is 13.3. The number of likely N-dealkylation sites (tertiary alicyclic amines) is 1. The van der Waals surface area contributed by atoms with Gasteiger partial charge in [-0.25, -0.2) is 19.6 Å². The summed E-state index contributed by atoms with van der Waals surface area (Å²) in [4.78, 5) is 83.1. The van der Waals surface area contributed by atoms with Crippen LogP contribution in [0.4, 0.5) is 16.3 Å². The van der Waals surface area contributed by atoms with Crippen LogP contribution in [0, 0.1) is 5.92 Å². The second-order valence-corrected chi connectivity index (χ2v) is 17.8. The number of hydrogen-bond donors (Lipinski definition) is 2. The monoisotopic (exact) mass is 831 g/mol. The maximum Gasteiger partial charge on any atom is 0.329 e. The largest absolute Gasteiger partial charge is 0.371 e. The Morgan fingerprint density at radius 1 is 0.836 bits per heavy atom. The number of aromatic nitrogens is 4. The van der Waals surface area contributed by atoms with Crippen LogP contribution < -0.4 is 26.5 Å². The summed E-state index contributed by atoms with van der Waals surface area (Å²) in [5, 5.41) is 2.38. The second kappa shape index (κ2) is 16.9. The van der Waals surface area contributed by atoms with Gasteiger partial charge in [0.2, 0.25) is 11.8 Å². The predicted molar refractivity (Wildman–Crippen MR) is 232 cm³/mol. The lowest BCUT2D eigenvalue weighted by Crippen LogP contribution is -2.49. The number of carbonyl (C=O) groups is 4. The zero-order valence-electron chi connectivity index (χ0n) is 35.3. The van der Waals surface area contributed by atoms with Crippen molar-refractivity contribution in [3.05, 3.63) is 81.7 Å². The smallest absolute Gasteiger partial charge is 0.329 e. The number of imide groups is 1. The number of hydrogen-bond acceptors (Lipinski definition) is 10. The Morgan fingerprint density at radius 2 is 1.61 bits per heavy atom. The van der Waals surface area contributed by atoms with E-state index in [-0.39, 0.29) is 35.8 Å². The van der Waals surface area contributed by atoms with E-state index < -0.39 is 17.9 Å². The van der Waals surface area contributed by atoms with Crippen LogP contribution in [0.3, 0.4) is 0 Å². The first-order valence-corrected chi connectivity index (χ1v) is 22.0. The minimum Gasteiger partial charge on any atom is -0.371 e. The number of anilines is 2. The minimum absolute atomic E-state index is 0.0807. The Balaban J connectivity index is 0.766. The van der Waals surface area contributed by atoms with Crippen molar-refractivity contribution in [3.63, 3.8) is 0 Å². The molecule has 5 aliphatic rings. The van der Waals surface area contributed by atoms with Gasteiger partial charge in [-0.15, -0.1) is 0 Å². The highest BCUT2D eigenvalue weighted by atomic mass is 16.2. The first kappa shape index (κ1) is 40.6. The standard InChI is InChI=1S/C45H57N11O5/c1-50-22-23-55(44(50)60)34-4-3-17-54(28-34)39-26-47-41(42(46)58)35(48-39)24-29-5-7-31(8-6-29)32-15-18-52(19-16-32)27-30-13-20-53(21-14-30)33-9-10-36-38(25-33)51(2)45(61)56(36)37-11-12-40(57)49-43(37)59/h5-10,25-26,30,32,34,37H,3-4,11-24,27-28H2,1-2H3,(H2,46,58)(H,49,57,59)/t34-,37?/m1/s1. The number of nitrogens with zero attached hydrogens (tertiary/aromatic N) is 9. The molecule has 0 spiro atoms. The van der Waals surface area contributed by atoms with Crippen molar-refractivity contribution in [2.45, 2.75) is 75.8 Å². The van der Waals surface area contributed by atoms with Gasteiger partial charge in [-0.3, -0.25) is 28.8 Å². The Kier molecular flexibility index (Phi) is 11.3. The number of urea groups is 1. The molecule has 16 heteroatoms. The molecule has 322 valence electrons. The van der Waals surface area contributed by atoms with Crippen molar-refractivity contribution in [1.82, 2.24) is 39.1 Å². The third-order valence-corrected chi connectivity index (χ3v) is 14.0. The van der Waals surface area contributed by atoms with Crippen LogP contribution in [-0.4, -0.2) is 130 Å². The quantitative estimate of drug-likeness (QED) is 0.226. The molecule has 5 saturated heterocycles. The molecule has 0 radical (unpaired) electrons. The molecule has 2 aromatic heterocycles. The van der Waals surface area contributed by atoms with E-state index in [1.165, 1.54) is 10.1 Å². The summed E-state index contributed by atoms with van der Waals surface area (Å²) in [5.41, 5.74) is 11.3. The van der Waals surface area contributed by atoms with E-state index in [0.717, 1.165) is 108 Å². The Bertz CT molecular complexity index is 2380. The number of likely N-dealkylation sites (N-methyl/N-ethyl adjacent to an activating group) is 1. The third-order valence-electron chi connectivity index (χ3n) is 14.0. The maximum absolute atomic E-state index is 13.3. The van der Waals surface area contributed by atoms with Crippen molar-refractivity contribution >= 4 is 46.3 Å². The van der Waals surface area contributed by atoms with Gasteiger partial charge in [0.1, 0.15) is 17.6 Å². The molecule has 0 saturated carbocycles. The van der Waals surface area contributed by atoms with Crippen molar-refractivity contribution in [2.24, 2.45) is 18.7 Å². The van der Waals surface area contributed by atoms with E-state index in [9.17, 15) is 24.0 Å². The molecule has 3 N–H and O–H groups in total. The average molecular weight is 832 g/mol. The molecule has 0 aliphatic carbocycles. The molecule has 1 unspecified atom stereocenters. The predicted octanol–water partition coefficient (Wildman–Crippen LogP) is 3.23. The molecule has 2 atom stereocenters. The number of primary amides is 1. The summed E-state index contributed by atoms with van der Waals surface area (Å²) in [5.74, 6) is 0.548. The Morgan fingerprint density at radius 3 is 2.31 bits per heavy atom. The lowest BCUT2D eigenvalue weighted by Gasteiger charge is -2.38. The fraction of sp³-hybridized carbons (Fsp3) is 0.533. The number of amides is 5. The highest BCUT2D eigenvalue weighted by molar-refractivity contribution is 6.00. The number of imidazole rings is 1. The molecule has 0 bridgehead atoms. The van der Waals surface area contributed by atoms with E-state index in [1.807, 2.05) is 18.0 Å². The Labute approximate surface area is 355 Å². The lowest BCUT2D eigenvalue weighted by molar-refractivity contribution is -0.135. The van der Waals surface area contributed by atoms with E-state index in [0.29, 0.717) is 48.3 Å². The fourth-order valence-corrected chi connectivity index (χ4v) is 10.4. The molecule has 7 heterocycles. The SMILES string of the molecule is CN1CCN([C@@H]2CCCN(c3cnc(C(N)=O)c(Cc4ccc(C5CCN(CC6CCN(c7ccc8c(c7)n(C)c(=O)n8C7CCC(=O)NC7=O)CC6)CC5)cc4)n3)C2)C1=O. The van der Waals surface area contributed by atoms with Crippen LogP contribution in [0.1, 0.15) is 90.6 Å². The van der Waals surface area contributed by atoms with Crippen LogP contribution in [-0.2, 0) is 23.1 Å². The second-order valence-electron chi connectivity index (χ2n) is 17.8. The van der Waals surface area contributed by atoms with Crippen LogP contribution in [0.2, 0.25) is 0 Å². The average Bonchev–Trinajstić information content (AvgIpc) is 3.73. The van der Waals surface area contributed by atoms with Crippen molar-refractivity contribution in [2.75, 3.05) is 75.8 Å². The van der Waals surface area contributed by atoms with Crippen molar-refractivity contribution < 1.29 is 19.2 Å². The van der Waals surface area contributed by atoms with E-state index >= 15 is 0 Å². The number of aryl methyl sites for hydroxylation is 1. The minimum atomic E-state index is -0.686. The number of rotatable bonds is 10. The van der Waals surface area contributed by atoms with E-state index in [2.05, 4.69) is 61.4 Å². The number of piperidine rings is 4. The summed E-state index contributed by atoms with van der Waals surface area (Å²) < 4.78 is 3.14. The molecule has 4 aromatic rings.